The van der Waals surface area contributed by atoms with E-state index in [0.717, 1.165) is 0 Å². The van der Waals surface area contributed by atoms with Gasteiger partial charge in [0.15, 0.2) is 22.6 Å². The number of nitrogens with one attached hydrogen (secondary N) is 1. The second-order valence-electron chi connectivity index (χ2n) is 5.82. The standard InChI is InChI=1S/C14H22N4O4S/c1-9(2)17-5-6-18-10(8-15-23(22)16(3)4)7-11(19)13(20)12(18)14(17)21/h7,9,15,20H,5-6,8H2,1-4H3. The van der Waals surface area contributed by atoms with Crippen molar-refractivity contribution in [3.05, 3.63) is 27.7 Å². The van der Waals surface area contributed by atoms with Crippen LogP contribution in [0.1, 0.15) is 30.0 Å². The van der Waals surface area contributed by atoms with Gasteiger partial charge in [0.05, 0.1) is 0 Å². The van der Waals surface area contributed by atoms with Gasteiger partial charge in [0.2, 0.25) is 5.43 Å². The number of pyridine rings is 1. The van der Waals surface area contributed by atoms with Crippen LogP contribution in [-0.2, 0) is 24.3 Å². The largest absolute Gasteiger partial charge is 0.503 e. The molecule has 1 aromatic heterocycles. The van der Waals surface area contributed by atoms with Gasteiger partial charge in [-0.25, -0.2) is 13.2 Å². The molecule has 23 heavy (non-hydrogen) atoms. The van der Waals surface area contributed by atoms with E-state index in [0.29, 0.717) is 18.8 Å². The third-order valence-electron chi connectivity index (χ3n) is 3.73. The Kier molecular flexibility index (Phi) is 5.23. The predicted octanol–water partition coefficient (Wildman–Crippen LogP) is -0.352. The molecule has 2 rings (SSSR count). The number of aromatic nitrogens is 1. The number of aromatic hydroxyl groups is 1. The van der Waals surface area contributed by atoms with Crippen molar-refractivity contribution < 1.29 is 14.1 Å². The van der Waals surface area contributed by atoms with Gasteiger partial charge >= 0.3 is 0 Å². The zero-order chi connectivity index (χ0) is 17.3. The first-order valence-corrected chi connectivity index (χ1v) is 8.44. The van der Waals surface area contributed by atoms with Gasteiger partial charge in [-0.1, -0.05) is 0 Å². The smallest absolute Gasteiger partial charge is 0.274 e. The second kappa shape index (κ2) is 6.81. The molecule has 1 unspecified atom stereocenters. The van der Waals surface area contributed by atoms with Gasteiger partial charge in [-0.2, -0.15) is 0 Å². The van der Waals surface area contributed by atoms with E-state index < -0.39 is 22.3 Å². The summed E-state index contributed by atoms with van der Waals surface area (Å²) in [5, 5.41) is 10.0. The average molecular weight is 342 g/mol. The van der Waals surface area contributed by atoms with E-state index >= 15 is 0 Å². The van der Waals surface area contributed by atoms with Crippen LogP contribution in [0.3, 0.4) is 0 Å². The van der Waals surface area contributed by atoms with Crippen LogP contribution in [0.4, 0.5) is 0 Å². The fourth-order valence-electron chi connectivity index (χ4n) is 2.51. The van der Waals surface area contributed by atoms with Crippen LogP contribution in [0, 0.1) is 0 Å². The molecule has 1 atom stereocenters. The van der Waals surface area contributed by atoms with Crippen molar-refractivity contribution in [2.45, 2.75) is 33.0 Å². The summed E-state index contributed by atoms with van der Waals surface area (Å²) in [4.78, 5) is 26.1. The van der Waals surface area contributed by atoms with Gasteiger partial charge in [0.25, 0.3) is 5.91 Å². The Morgan fingerprint density at radius 3 is 2.57 bits per heavy atom. The molecule has 0 aromatic carbocycles. The molecule has 2 heterocycles. The van der Waals surface area contributed by atoms with Crippen molar-refractivity contribution in [3.8, 4) is 5.75 Å². The summed E-state index contributed by atoms with van der Waals surface area (Å²) in [7, 11) is 3.32. The number of carbonyl (C=O) groups is 1. The summed E-state index contributed by atoms with van der Waals surface area (Å²) in [6, 6.07) is 1.26. The third-order valence-corrected chi connectivity index (χ3v) is 4.79. The SMILES string of the molecule is CC(C)N1CCn2c(CNS(=O)N(C)C)cc(=O)c(O)c2C1=O. The van der Waals surface area contributed by atoms with E-state index in [1.807, 2.05) is 13.8 Å². The van der Waals surface area contributed by atoms with Crippen LogP contribution in [0.15, 0.2) is 10.9 Å². The molecule has 0 saturated carbocycles. The van der Waals surface area contributed by atoms with Crippen molar-refractivity contribution in [2.75, 3.05) is 20.6 Å². The molecule has 0 radical (unpaired) electrons. The Morgan fingerprint density at radius 2 is 2.00 bits per heavy atom. The topological polar surface area (TPSA) is 94.9 Å². The van der Waals surface area contributed by atoms with Crippen molar-refractivity contribution in [1.29, 1.82) is 0 Å². The molecule has 1 aromatic rings. The van der Waals surface area contributed by atoms with Crippen molar-refractivity contribution in [2.24, 2.45) is 0 Å². The molecular formula is C14H22N4O4S. The van der Waals surface area contributed by atoms with Gasteiger partial charge in [-0.15, -0.1) is 0 Å². The zero-order valence-corrected chi connectivity index (χ0v) is 14.5. The molecule has 1 aliphatic heterocycles. The number of hydrogen-bond donors (Lipinski definition) is 2. The number of nitrogens with zero attached hydrogens (tertiary/aromatic N) is 3. The lowest BCUT2D eigenvalue weighted by Gasteiger charge is -2.34. The predicted molar refractivity (Wildman–Crippen MR) is 87.2 cm³/mol. The molecule has 9 heteroatoms. The van der Waals surface area contributed by atoms with E-state index in [-0.39, 0.29) is 24.2 Å². The third kappa shape index (κ3) is 3.46. The van der Waals surface area contributed by atoms with E-state index in [1.54, 1.807) is 23.6 Å². The van der Waals surface area contributed by atoms with E-state index in [1.165, 1.54) is 10.4 Å². The number of fused-ring (bicyclic) bond motifs is 1. The van der Waals surface area contributed by atoms with Crippen LogP contribution in [-0.4, -0.2) is 55.7 Å². The molecule has 0 bridgehead atoms. The Morgan fingerprint density at radius 1 is 1.35 bits per heavy atom. The van der Waals surface area contributed by atoms with Gasteiger partial charge in [0, 0.05) is 51.5 Å². The van der Waals surface area contributed by atoms with Crippen LogP contribution in [0.2, 0.25) is 0 Å². The van der Waals surface area contributed by atoms with E-state index in [9.17, 15) is 18.9 Å². The lowest BCUT2D eigenvalue weighted by Crippen LogP contribution is -2.46. The molecular weight excluding hydrogens is 320 g/mol. The summed E-state index contributed by atoms with van der Waals surface area (Å²) >= 11 is -1.40. The second-order valence-corrected chi connectivity index (χ2v) is 7.34. The minimum Gasteiger partial charge on any atom is -0.503 e. The normalized spacial score (nSPS) is 16.1. The number of hydrogen-bond acceptors (Lipinski definition) is 4. The molecule has 128 valence electrons. The van der Waals surface area contributed by atoms with Crippen molar-refractivity contribution in [1.82, 2.24) is 18.5 Å². The van der Waals surface area contributed by atoms with E-state index in [4.69, 9.17) is 0 Å². The quantitative estimate of drug-likeness (QED) is 0.764. The fourth-order valence-corrected chi connectivity index (χ4v) is 3.04. The average Bonchev–Trinajstić information content (AvgIpc) is 2.48. The summed E-state index contributed by atoms with van der Waals surface area (Å²) in [5.41, 5.74) is -0.0812. The maximum Gasteiger partial charge on any atom is 0.274 e. The maximum atomic E-state index is 12.5. The molecule has 0 fully saturated rings. The monoisotopic (exact) mass is 342 g/mol. The Bertz CT molecular complexity index is 699. The van der Waals surface area contributed by atoms with Gasteiger partial charge < -0.3 is 14.6 Å². The van der Waals surface area contributed by atoms with Crippen LogP contribution in [0.5, 0.6) is 5.75 Å². The first kappa shape index (κ1) is 17.6. The minimum absolute atomic E-state index is 0.00452. The number of amides is 1. The first-order chi connectivity index (χ1) is 10.7. The zero-order valence-electron chi connectivity index (χ0n) is 13.7. The van der Waals surface area contributed by atoms with Gasteiger partial charge in [-0.3, -0.25) is 9.59 Å². The summed E-state index contributed by atoms with van der Waals surface area (Å²) in [6.07, 6.45) is 0. The maximum absolute atomic E-state index is 12.5. The Balaban J connectivity index is 2.41. The molecule has 0 spiro atoms. The minimum atomic E-state index is -1.40. The summed E-state index contributed by atoms with van der Waals surface area (Å²) in [6.45, 7) is 4.89. The molecule has 1 amide bonds. The highest BCUT2D eigenvalue weighted by Gasteiger charge is 2.31. The molecule has 8 nitrogen and oxygen atoms in total. The van der Waals surface area contributed by atoms with Crippen molar-refractivity contribution >= 4 is 17.1 Å². The molecule has 0 saturated heterocycles. The van der Waals surface area contributed by atoms with Crippen molar-refractivity contribution in [3.63, 3.8) is 0 Å². The molecule has 1 aliphatic rings. The lowest BCUT2D eigenvalue weighted by molar-refractivity contribution is 0.0639. The van der Waals surface area contributed by atoms with E-state index in [2.05, 4.69) is 4.72 Å². The Hall–Kier alpha value is -1.71. The van der Waals surface area contributed by atoms with Gasteiger partial charge in [-0.05, 0) is 13.8 Å². The number of rotatable bonds is 5. The highest BCUT2D eigenvalue weighted by atomic mass is 32.2. The molecule has 0 aliphatic carbocycles. The van der Waals surface area contributed by atoms with Crippen LogP contribution >= 0.6 is 0 Å². The summed E-state index contributed by atoms with van der Waals surface area (Å²) < 4.78 is 17.6. The fraction of sp³-hybridized carbons (Fsp3) is 0.571. The highest BCUT2D eigenvalue weighted by molar-refractivity contribution is 7.80. The highest BCUT2D eigenvalue weighted by Crippen LogP contribution is 2.22. The number of carbonyl (C=O) groups excluding carboxylic acids is 1. The van der Waals surface area contributed by atoms with Crippen LogP contribution < -0.4 is 10.2 Å². The van der Waals surface area contributed by atoms with Crippen LogP contribution in [0.25, 0.3) is 0 Å². The van der Waals surface area contributed by atoms with Gasteiger partial charge in [0.1, 0.15) is 0 Å². The Labute approximate surface area is 137 Å². The molecule has 2 N–H and O–H groups in total. The lowest BCUT2D eigenvalue weighted by atomic mass is 10.1. The first-order valence-electron chi connectivity index (χ1n) is 7.33. The summed E-state index contributed by atoms with van der Waals surface area (Å²) in [5.74, 6) is -0.894.